The second-order valence-corrected chi connectivity index (χ2v) is 6.42. The van der Waals surface area contributed by atoms with Gasteiger partial charge in [-0.2, -0.15) is 0 Å². The van der Waals surface area contributed by atoms with Gasteiger partial charge in [0.25, 0.3) is 0 Å². The summed E-state index contributed by atoms with van der Waals surface area (Å²) in [5.74, 6) is -6.67. The third kappa shape index (κ3) is 7.47. The predicted molar refractivity (Wildman–Crippen MR) is 115 cm³/mol. The Kier molecular flexibility index (Phi) is 9.96. The zero-order chi connectivity index (χ0) is 26.0. The lowest BCUT2D eigenvalue weighted by Crippen LogP contribution is -1.95. The average Bonchev–Trinajstić information content (AvgIpc) is 2.80. The first kappa shape index (κ1) is 27.4. The molecular formula is C22H22O12. The lowest BCUT2D eigenvalue weighted by Gasteiger charge is -2.01. The molecule has 0 bridgehead atoms. The molecule has 3 aromatic carbocycles. The highest BCUT2D eigenvalue weighted by Crippen LogP contribution is 2.36. The van der Waals surface area contributed by atoms with Crippen molar-refractivity contribution in [3.63, 3.8) is 0 Å². The van der Waals surface area contributed by atoms with Crippen LogP contribution in [0.1, 0.15) is 31.8 Å². The van der Waals surface area contributed by atoms with Crippen molar-refractivity contribution in [2.24, 2.45) is 0 Å². The van der Waals surface area contributed by atoms with Crippen LogP contribution in [0.15, 0.2) is 48.5 Å². The van der Waals surface area contributed by atoms with Crippen LogP contribution in [0.3, 0.4) is 0 Å². The highest BCUT2D eigenvalue weighted by Gasteiger charge is 2.12. The van der Waals surface area contributed by atoms with Gasteiger partial charge in [0, 0.05) is 0 Å². The summed E-state index contributed by atoms with van der Waals surface area (Å²) in [6, 6.07) is 10.6. The monoisotopic (exact) mass is 478 g/mol. The van der Waals surface area contributed by atoms with E-state index < -0.39 is 46.4 Å². The van der Waals surface area contributed by atoms with Gasteiger partial charge in [-0.3, -0.25) is 0 Å². The number of carboxylic acids is 2. The van der Waals surface area contributed by atoms with Crippen LogP contribution in [0.25, 0.3) is 0 Å². The molecule has 0 radical (unpaired) electrons. The van der Waals surface area contributed by atoms with Gasteiger partial charge in [-0.25, -0.2) is 9.59 Å². The number of hydrogen-bond donors (Lipinski definition) is 10. The van der Waals surface area contributed by atoms with Crippen LogP contribution in [0.4, 0.5) is 0 Å². The van der Waals surface area contributed by atoms with E-state index in [2.05, 4.69) is 0 Å². The van der Waals surface area contributed by atoms with Gasteiger partial charge in [-0.15, -0.1) is 0 Å². The Morgan fingerprint density at radius 2 is 0.824 bits per heavy atom. The third-order valence-corrected chi connectivity index (χ3v) is 4.09. The number of aliphatic hydroxyl groups is 2. The normalized spacial score (nSPS) is 9.71. The molecule has 0 atom stereocenters. The minimum absolute atomic E-state index is 0.00324. The summed E-state index contributed by atoms with van der Waals surface area (Å²) >= 11 is 0. The predicted octanol–water partition coefficient (Wildman–Crippen LogP) is 1.67. The van der Waals surface area contributed by atoms with E-state index in [0.717, 1.165) is 35.4 Å². The number of rotatable bonds is 4. The number of aliphatic hydroxyl groups excluding tert-OH is 2. The summed E-state index contributed by atoms with van der Waals surface area (Å²) in [6.45, 7) is -0.00648. The quantitative estimate of drug-likeness (QED) is 0.241. The minimum Gasteiger partial charge on any atom is -0.504 e. The van der Waals surface area contributed by atoms with Gasteiger partial charge >= 0.3 is 11.9 Å². The molecule has 0 aliphatic carbocycles. The molecule has 0 heterocycles. The number of benzene rings is 3. The molecule has 12 heteroatoms. The maximum Gasteiger partial charge on any atom is 0.335 e. The maximum absolute atomic E-state index is 10.3. The summed E-state index contributed by atoms with van der Waals surface area (Å²) in [5, 5.41) is 87.4. The van der Waals surface area contributed by atoms with E-state index in [1.165, 1.54) is 0 Å². The largest absolute Gasteiger partial charge is 0.504 e. The van der Waals surface area contributed by atoms with Crippen molar-refractivity contribution in [3.8, 4) is 34.5 Å². The van der Waals surface area contributed by atoms with Crippen molar-refractivity contribution in [1.29, 1.82) is 0 Å². The number of phenols is 6. The lowest BCUT2D eigenvalue weighted by molar-refractivity contribution is 0.0685. The fourth-order valence-electron chi connectivity index (χ4n) is 2.32. The van der Waals surface area contributed by atoms with E-state index in [9.17, 15) is 9.59 Å². The van der Waals surface area contributed by atoms with Crippen LogP contribution >= 0.6 is 0 Å². The van der Waals surface area contributed by atoms with Crippen molar-refractivity contribution >= 4 is 11.9 Å². The van der Waals surface area contributed by atoms with Gasteiger partial charge in [0.2, 0.25) is 0 Å². The van der Waals surface area contributed by atoms with Gasteiger partial charge in [0.1, 0.15) is 0 Å². The Labute approximate surface area is 191 Å². The number of hydrogen-bond acceptors (Lipinski definition) is 10. The molecular weight excluding hydrogens is 456 g/mol. The second kappa shape index (κ2) is 12.4. The molecule has 0 unspecified atom stereocenters. The van der Waals surface area contributed by atoms with E-state index in [1.54, 1.807) is 12.1 Å². The van der Waals surface area contributed by atoms with Gasteiger partial charge in [0.15, 0.2) is 34.5 Å². The first-order chi connectivity index (χ1) is 15.9. The number of carboxylic acid groups (broad SMARTS) is 2. The van der Waals surface area contributed by atoms with Crippen LogP contribution in [-0.4, -0.2) is 63.0 Å². The van der Waals surface area contributed by atoms with E-state index in [4.69, 9.17) is 51.1 Å². The molecule has 0 aliphatic rings. The fraction of sp³-hybridized carbons (Fsp3) is 0.0909. The van der Waals surface area contributed by atoms with E-state index in [1.807, 2.05) is 12.1 Å². The van der Waals surface area contributed by atoms with Gasteiger partial charge in [0.05, 0.1) is 24.3 Å². The van der Waals surface area contributed by atoms with E-state index >= 15 is 0 Å². The molecule has 34 heavy (non-hydrogen) atoms. The Hall–Kier alpha value is -4.68. The number of carbonyl (C=O) groups is 2. The molecule has 12 nitrogen and oxygen atoms in total. The Morgan fingerprint density at radius 1 is 0.559 bits per heavy atom. The minimum atomic E-state index is -1.29. The topological polar surface area (TPSA) is 236 Å². The molecule has 182 valence electrons. The number of aromatic carboxylic acids is 2. The van der Waals surface area contributed by atoms with Crippen LogP contribution in [0.2, 0.25) is 0 Å². The molecule has 3 aromatic rings. The highest BCUT2D eigenvalue weighted by molar-refractivity contribution is 5.89. The summed E-state index contributed by atoms with van der Waals surface area (Å²) in [7, 11) is 0. The van der Waals surface area contributed by atoms with Crippen LogP contribution in [-0.2, 0) is 13.2 Å². The van der Waals surface area contributed by atoms with Crippen LogP contribution in [0.5, 0.6) is 34.5 Å². The van der Waals surface area contributed by atoms with Gasteiger partial charge in [-0.05, 0) is 35.4 Å². The maximum atomic E-state index is 10.3. The smallest absolute Gasteiger partial charge is 0.335 e. The molecule has 0 aliphatic heterocycles. The molecule has 10 N–H and O–H groups in total. The van der Waals surface area contributed by atoms with Crippen molar-refractivity contribution < 1.29 is 60.7 Å². The van der Waals surface area contributed by atoms with Gasteiger partial charge in [-0.1, -0.05) is 24.3 Å². The first-order valence-electron chi connectivity index (χ1n) is 9.17. The SMILES string of the molecule is O=C(O)c1cc(O)c(O)c(O)c1.O=C(O)c1cc(O)c(O)c(O)c1.OCc1ccccc1CO. The lowest BCUT2D eigenvalue weighted by atomic mass is 10.1. The average molecular weight is 478 g/mol. The van der Waals surface area contributed by atoms with E-state index in [0.29, 0.717) is 0 Å². The summed E-state index contributed by atoms with van der Waals surface area (Å²) < 4.78 is 0. The molecule has 0 fully saturated rings. The Balaban J connectivity index is 0.000000256. The Bertz CT molecular complexity index is 1020. The third-order valence-electron chi connectivity index (χ3n) is 4.09. The van der Waals surface area contributed by atoms with Crippen molar-refractivity contribution in [3.05, 3.63) is 70.8 Å². The molecule has 3 rings (SSSR count). The first-order valence-corrected chi connectivity index (χ1v) is 9.17. The van der Waals surface area contributed by atoms with E-state index in [-0.39, 0.29) is 24.3 Å². The molecule has 0 saturated heterocycles. The van der Waals surface area contributed by atoms with Crippen LogP contribution < -0.4 is 0 Å². The van der Waals surface area contributed by atoms with Crippen molar-refractivity contribution in [2.45, 2.75) is 13.2 Å². The number of phenolic OH excluding ortho intramolecular Hbond substituents is 6. The second-order valence-electron chi connectivity index (χ2n) is 6.42. The molecule has 0 amide bonds. The molecule has 0 saturated carbocycles. The zero-order valence-corrected chi connectivity index (χ0v) is 17.3. The summed E-state index contributed by atoms with van der Waals surface area (Å²) in [4.78, 5) is 20.6. The summed E-state index contributed by atoms with van der Waals surface area (Å²) in [5.41, 5.74) is 1.01. The standard InChI is InChI=1S/C8H10O2.2C7H6O5/c9-5-7-3-1-2-4-8(7)6-10;2*8-4-1-3(7(11)12)2-5(9)6(4)10/h1-4,9-10H,5-6H2;2*1-2,8-10H,(H,11,12). The molecule has 0 aromatic heterocycles. The highest BCUT2D eigenvalue weighted by atomic mass is 16.4. The summed E-state index contributed by atoms with van der Waals surface area (Å²) in [6.07, 6.45) is 0. The van der Waals surface area contributed by atoms with Crippen LogP contribution in [0, 0.1) is 0 Å². The van der Waals surface area contributed by atoms with Crippen molar-refractivity contribution in [2.75, 3.05) is 0 Å². The molecule has 0 spiro atoms. The van der Waals surface area contributed by atoms with Crippen molar-refractivity contribution in [1.82, 2.24) is 0 Å². The Morgan fingerprint density at radius 3 is 1.03 bits per heavy atom. The zero-order valence-electron chi connectivity index (χ0n) is 17.3. The van der Waals surface area contributed by atoms with Gasteiger partial charge < -0.3 is 51.1 Å². The fourth-order valence-corrected chi connectivity index (χ4v) is 2.32. The number of aromatic hydroxyl groups is 6.